The van der Waals surface area contributed by atoms with Crippen molar-refractivity contribution in [3.8, 4) is 0 Å². The van der Waals surface area contributed by atoms with Gasteiger partial charge in [0, 0.05) is 12.0 Å². The van der Waals surface area contributed by atoms with E-state index in [1.807, 2.05) is 60.7 Å². The van der Waals surface area contributed by atoms with Gasteiger partial charge in [-0.25, -0.2) is 4.39 Å². The summed E-state index contributed by atoms with van der Waals surface area (Å²) in [5.41, 5.74) is 1.44. The van der Waals surface area contributed by atoms with E-state index in [2.05, 4.69) is 4.90 Å². The second-order valence-electron chi connectivity index (χ2n) is 8.65. The molecular weight excluding hydrogens is 401 g/mol. The summed E-state index contributed by atoms with van der Waals surface area (Å²) in [6.07, 6.45) is 3.03. The first-order chi connectivity index (χ1) is 15.6. The molecular formula is C28H30FNO2. The van der Waals surface area contributed by atoms with Gasteiger partial charge in [-0.3, -0.25) is 4.79 Å². The van der Waals surface area contributed by atoms with E-state index in [-0.39, 0.29) is 17.5 Å². The molecule has 0 aromatic heterocycles. The minimum absolute atomic E-state index is 0.0578. The van der Waals surface area contributed by atoms with Gasteiger partial charge in [-0.05, 0) is 80.2 Å². The fourth-order valence-electron chi connectivity index (χ4n) is 4.84. The maximum absolute atomic E-state index is 13.0. The summed E-state index contributed by atoms with van der Waals surface area (Å²) in [7, 11) is 0. The van der Waals surface area contributed by atoms with Crippen LogP contribution in [-0.2, 0) is 5.60 Å². The highest BCUT2D eigenvalue weighted by Gasteiger charge is 2.41. The molecule has 0 saturated carbocycles. The summed E-state index contributed by atoms with van der Waals surface area (Å²) in [4.78, 5) is 14.7. The molecule has 1 N–H and O–H groups in total. The average molecular weight is 432 g/mol. The van der Waals surface area contributed by atoms with Gasteiger partial charge in [-0.1, -0.05) is 60.7 Å². The number of carbonyl (C=O) groups excluding carboxylic acids is 1. The molecule has 0 radical (unpaired) electrons. The van der Waals surface area contributed by atoms with E-state index in [1.54, 1.807) is 12.1 Å². The van der Waals surface area contributed by atoms with E-state index in [0.717, 1.165) is 50.0 Å². The van der Waals surface area contributed by atoms with Gasteiger partial charge in [0.2, 0.25) is 0 Å². The maximum atomic E-state index is 13.0. The number of piperidine rings is 1. The highest BCUT2D eigenvalue weighted by molar-refractivity contribution is 5.95. The summed E-state index contributed by atoms with van der Waals surface area (Å²) in [6, 6.07) is 25.7. The van der Waals surface area contributed by atoms with Crippen molar-refractivity contribution in [3.63, 3.8) is 0 Å². The van der Waals surface area contributed by atoms with Gasteiger partial charge >= 0.3 is 0 Å². The molecule has 0 aliphatic carbocycles. The van der Waals surface area contributed by atoms with Crippen LogP contribution in [-0.4, -0.2) is 35.4 Å². The quantitative estimate of drug-likeness (QED) is 0.483. The number of carbonyl (C=O) groups is 1. The number of hydrogen-bond donors (Lipinski definition) is 1. The third-order valence-electron chi connectivity index (χ3n) is 6.65. The Hall–Kier alpha value is -2.82. The molecule has 3 aromatic rings. The van der Waals surface area contributed by atoms with E-state index >= 15 is 0 Å². The lowest BCUT2D eigenvalue weighted by Crippen LogP contribution is -2.44. The minimum Gasteiger partial charge on any atom is -0.380 e. The van der Waals surface area contributed by atoms with Crippen LogP contribution in [0.15, 0.2) is 84.9 Å². The van der Waals surface area contributed by atoms with Crippen LogP contribution >= 0.6 is 0 Å². The van der Waals surface area contributed by atoms with Crippen LogP contribution in [0.5, 0.6) is 0 Å². The first-order valence-corrected chi connectivity index (χ1v) is 11.4. The molecule has 0 spiro atoms. The summed E-state index contributed by atoms with van der Waals surface area (Å²) < 4.78 is 13.0. The van der Waals surface area contributed by atoms with E-state index in [0.29, 0.717) is 12.0 Å². The maximum Gasteiger partial charge on any atom is 0.162 e. The Morgan fingerprint density at radius 1 is 0.875 bits per heavy atom. The predicted molar refractivity (Wildman–Crippen MR) is 125 cm³/mol. The van der Waals surface area contributed by atoms with Gasteiger partial charge in [0.05, 0.1) is 0 Å². The second-order valence-corrected chi connectivity index (χ2v) is 8.65. The zero-order chi connectivity index (χ0) is 22.4. The lowest BCUT2D eigenvalue weighted by atomic mass is 9.72. The van der Waals surface area contributed by atoms with Crippen LogP contribution < -0.4 is 0 Å². The number of likely N-dealkylation sites (tertiary alicyclic amines) is 1. The standard InChI is InChI=1S/C28H30FNO2/c29-26-15-13-22(14-16-26)27(31)12-7-19-30-20-17-25(18-21-30)28(32,23-8-3-1-4-9-23)24-10-5-2-6-11-24/h1-6,8-11,13-16,25,32H,7,12,17-21H2. The molecule has 1 saturated heterocycles. The van der Waals surface area contributed by atoms with Gasteiger partial charge in [-0.2, -0.15) is 0 Å². The van der Waals surface area contributed by atoms with Crippen LogP contribution in [0.25, 0.3) is 0 Å². The van der Waals surface area contributed by atoms with Gasteiger partial charge in [-0.15, -0.1) is 0 Å². The Morgan fingerprint density at radius 3 is 1.94 bits per heavy atom. The molecule has 1 heterocycles. The minimum atomic E-state index is -1.01. The highest BCUT2D eigenvalue weighted by Crippen LogP contribution is 2.41. The number of Topliss-reactive ketones (excluding diaryl/α,β-unsaturated/α-hetero) is 1. The molecule has 1 aliphatic rings. The molecule has 1 aliphatic heterocycles. The number of rotatable bonds is 8. The SMILES string of the molecule is O=C(CCCN1CCC(C(O)(c2ccccc2)c2ccccc2)CC1)c1ccc(F)cc1. The molecule has 0 amide bonds. The number of aliphatic hydroxyl groups is 1. The van der Waals surface area contributed by atoms with Gasteiger partial charge < -0.3 is 10.0 Å². The zero-order valence-corrected chi connectivity index (χ0v) is 18.3. The fraction of sp³-hybridized carbons (Fsp3) is 0.321. The first kappa shape index (κ1) is 22.4. The molecule has 0 atom stereocenters. The zero-order valence-electron chi connectivity index (χ0n) is 18.3. The smallest absolute Gasteiger partial charge is 0.162 e. The molecule has 4 rings (SSSR count). The molecule has 0 bridgehead atoms. The van der Waals surface area contributed by atoms with Gasteiger partial charge in [0.15, 0.2) is 5.78 Å². The van der Waals surface area contributed by atoms with E-state index in [1.165, 1.54) is 12.1 Å². The van der Waals surface area contributed by atoms with Crippen molar-refractivity contribution in [3.05, 3.63) is 107 Å². The molecule has 4 heteroatoms. The van der Waals surface area contributed by atoms with Crippen molar-refractivity contribution in [2.45, 2.75) is 31.3 Å². The number of hydrogen-bond acceptors (Lipinski definition) is 3. The first-order valence-electron chi connectivity index (χ1n) is 11.4. The number of nitrogens with zero attached hydrogens (tertiary/aromatic N) is 1. The highest BCUT2D eigenvalue weighted by atomic mass is 19.1. The molecule has 166 valence electrons. The molecule has 3 nitrogen and oxygen atoms in total. The Balaban J connectivity index is 1.35. The van der Waals surface area contributed by atoms with E-state index < -0.39 is 5.60 Å². The molecule has 3 aromatic carbocycles. The molecule has 1 fully saturated rings. The van der Waals surface area contributed by atoms with Gasteiger partial charge in [0.25, 0.3) is 0 Å². The van der Waals surface area contributed by atoms with Crippen molar-refractivity contribution in [1.29, 1.82) is 0 Å². The third kappa shape index (κ3) is 4.98. The number of ketones is 1. The number of benzene rings is 3. The van der Waals surface area contributed by atoms with Crippen molar-refractivity contribution in [2.24, 2.45) is 5.92 Å². The average Bonchev–Trinajstić information content (AvgIpc) is 2.85. The van der Waals surface area contributed by atoms with Crippen molar-refractivity contribution >= 4 is 5.78 Å². The van der Waals surface area contributed by atoms with Crippen LogP contribution in [0.1, 0.15) is 47.2 Å². The topological polar surface area (TPSA) is 40.5 Å². The fourth-order valence-corrected chi connectivity index (χ4v) is 4.84. The summed E-state index contributed by atoms with van der Waals surface area (Å²) in [5, 5.41) is 12.0. The van der Waals surface area contributed by atoms with Gasteiger partial charge in [0.1, 0.15) is 11.4 Å². The van der Waals surface area contributed by atoms with Crippen LogP contribution in [0.4, 0.5) is 4.39 Å². The van der Waals surface area contributed by atoms with E-state index in [4.69, 9.17) is 0 Å². The molecule has 32 heavy (non-hydrogen) atoms. The Bertz CT molecular complexity index is 957. The lowest BCUT2D eigenvalue weighted by Gasteiger charge is -2.42. The monoisotopic (exact) mass is 431 g/mol. The predicted octanol–water partition coefficient (Wildman–Crippen LogP) is 5.44. The second kappa shape index (κ2) is 10.2. The Labute approximate surface area is 189 Å². The molecule has 0 unspecified atom stereocenters. The third-order valence-corrected chi connectivity index (χ3v) is 6.65. The van der Waals surface area contributed by atoms with E-state index in [9.17, 15) is 14.3 Å². The largest absolute Gasteiger partial charge is 0.380 e. The van der Waals surface area contributed by atoms with Crippen LogP contribution in [0, 0.1) is 11.7 Å². The Kier molecular flexibility index (Phi) is 7.13. The summed E-state index contributed by atoms with van der Waals surface area (Å²) >= 11 is 0. The summed E-state index contributed by atoms with van der Waals surface area (Å²) in [6.45, 7) is 2.66. The van der Waals surface area contributed by atoms with Crippen LogP contribution in [0.3, 0.4) is 0 Å². The summed E-state index contributed by atoms with van der Waals surface area (Å²) in [5.74, 6) is -0.137. The normalized spacial score (nSPS) is 15.6. The van der Waals surface area contributed by atoms with Crippen molar-refractivity contribution in [1.82, 2.24) is 4.90 Å². The van der Waals surface area contributed by atoms with Crippen LogP contribution in [0.2, 0.25) is 0 Å². The Morgan fingerprint density at radius 2 is 1.41 bits per heavy atom. The van der Waals surface area contributed by atoms with Crippen molar-refractivity contribution < 1.29 is 14.3 Å². The van der Waals surface area contributed by atoms with Crippen molar-refractivity contribution in [2.75, 3.05) is 19.6 Å². The number of halogens is 1. The lowest BCUT2D eigenvalue weighted by molar-refractivity contribution is -0.0142.